The highest BCUT2D eigenvalue weighted by molar-refractivity contribution is 6.31. The minimum atomic E-state index is -2.93. The zero-order chi connectivity index (χ0) is 19.8. The number of halogens is 3. The van der Waals surface area contributed by atoms with Crippen molar-refractivity contribution < 1.29 is 18.3 Å². The first-order chi connectivity index (χ1) is 13.0. The highest BCUT2D eigenvalue weighted by Gasteiger charge is 2.21. The third kappa shape index (κ3) is 5.91. The molecule has 2 rings (SSSR count). The number of carbonyl (C=O) groups excluding carboxylic acids is 1. The maximum absolute atomic E-state index is 12.5. The molecule has 0 spiro atoms. The summed E-state index contributed by atoms with van der Waals surface area (Å²) in [5.74, 6) is -0.414. The van der Waals surface area contributed by atoms with Crippen LogP contribution < -0.4 is 10.1 Å². The summed E-state index contributed by atoms with van der Waals surface area (Å²) in [6, 6.07) is 13.2. The fraction of sp³-hybridized carbons (Fsp3) is 0.350. The molecule has 1 atom stereocenters. The number of carbonyl (C=O) groups is 1. The Balaban J connectivity index is 2.15. The highest BCUT2D eigenvalue weighted by atomic mass is 35.5. The molecule has 0 heterocycles. The molecule has 0 bridgehead atoms. The Kier molecular flexibility index (Phi) is 8.00. The standard InChI is InChI=1S/C20H23ClF2N2O2/c1-3-25(4-2)18(16-10-5-6-11-17(16)21)13-24-19(26)14-8-7-9-15(12-14)27-20(22)23/h5-12,18,20H,3-4,13H2,1-2H3,(H,24,26). The number of ether oxygens (including phenoxy) is 1. The van der Waals surface area contributed by atoms with Crippen molar-refractivity contribution in [1.29, 1.82) is 0 Å². The van der Waals surface area contributed by atoms with E-state index < -0.39 is 6.61 Å². The van der Waals surface area contributed by atoms with E-state index in [-0.39, 0.29) is 23.3 Å². The molecule has 2 aromatic carbocycles. The summed E-state index contributed by atoms with van der Waals surface area (Å²) in [7, 11) is 0. The van der Waals surface area contributed by atoms with E-state index in [1.807, 2.05) is 38.1 Å². The van der Waals surface area contributed by atoms with Crippen LogP contribution >= 0.6 is 11.6 Å². The van der Waals surface area contributed by atoms with Crippen LogP contribution in [0.2, 0.25) is 5.02 Å². The maximum Gasteiger partial charge on any atom is 0.387 e. The van der Waals surface area contributed by atoms with Gasteiger partial charge in [-0.15, -0.1) is 0 Å². The van der Waals surface area contributed by atoms with E-state index in [1.165, 1.54) is 18.2 Å². The second-order valence-electron chi connectivity index (χ2n) is 5.87. The molecule has 0 aliphatic heterocycles. The lowest BCUT2D eigenvalue weighted by Crippen LogP contribution is -2.38. The van der Waals surface area contributed by atoms with Crippen molar-refractivity contribution in [2.45, 2.75) is 26.5 Å². The normalized spacial score (nSPS) is 12.3. The first-order valence-corrected chi connectivity index (χ1v) is 9.15. The largest absolute Gasteiger partial charge is 0.435 e. The number of likely N-dealkylation sites (N-methyl/N-ethyl adjacent to an activating group) is 1. The molecule has 2 aromatic rings. The summed E-state index contributed by atoms with van der Waals surface area (Å²) in [5, 5.41) is 3.51. The van der Waals surface area contributed by atoms with Gasteiger partial charge < -0.3 is 10.1 Å². The minimum absolute atomic E-state index is 0.0518. The van der Waals surface area contributed by atoms with Gasteiger partial charge in [0.2, 0.25) is 0 Å². The Morgan fingerprint density at radius 1 is 1.15 bits per heavy atom. The lowest BCUT2D eigenvalue weighted by Gasteiger charge is -2.31. The lowest BCUT2D eigenvalue weighted by molar-refractivity contribution is -0.0498. The molecule has 1 N–H and O–H groups in total. The molecule has 146 valence electrons. The molecule has 0 aromatic heterocycles. The molecule has 0 aliphatic rings. The molecule has 7 heteroatoms. The number of alkyl halides is 2. The third-order valence-corrected chi connectivity index (χ3v) is 4.64. The van der Waals surface area contributed by atoms with Crippen LogP contribution in [-0.2, 0) is 0 Å². The maximum atomic E-state index is 12.5. The average molecular weight is 397 g/mol. The molecule has 1 amide bonds. The fourth-order valence-electron chi connectivity index (χ4n) is 2.95. The zero-order valence-corrected chi connectivity index (χ0v) is 16.0. The summed E-state index contributed by atoms with van der Waals surface area (Å²) in [6.45, 7) is 3.07. The van der Waals surface area contributed by atoms with Crippen molar-refractivity contribution in [3.05, 3.63) is 64.7 Å². The summed E-state index contributed by atoms with van der Waals surface area (Å²) in [6.07, 6.45) is 0. The van der Waals surface area contributed by atoms with Gasteiger partial charge in [-0.1, -0.05) is 49.7 Å². The van der Waals surface area contributed by atoms with Gasteiger partial charge in [-0.05, 0) is 42.9 Å². The van der Waals surface area contributed by atoms with Gasteiger partial charge in [0.05, 0.1) is 6.04 Å². The minimum Gasteiger partial charge on any atom is -0.435 e. The van der Waals surface area contributed by atoms with Gasteiger partial charge in [-0.3, -0.25) is 9.69 Å². The van der Waals surface area contributed by atoms with Gasteiger partial charge in [-0.2, -0.15) is 8.78 Å². The van der Waals surface area contributed by atoms with Crippen molar-refractivity contribution in [2.75, 3.05) is 19.6 Å². The van der Waals surface area contributed by atoms with Crippen LogP contribution in [0.3, 0.4) is 0 Å². The predicted molar refractivity (Wildman–Crippen MR) is 103 cm³/mol. The first-order valence-electron chi connectivity index (χ1n) is 8.77. The summed E-state index contributed by atoms with van der Waals surface area (Å²) in [4.78, 5) is 14.7. The van der Waals surface area contributed by atoms with E-state index in [0.29, 0.717) is 11.6 Å². The lowest BCUT2D eigenvalue weighted by atomic mass is 10.0. The smallest absolute Gasteiger partial charge is 0.387 e. The van der Waals surface area contributed by atoms with Crippen molar-refractivity contribution in [3.63, 3.8) is 0 Å². The van der Waals surface area contributed by atoms with Gasteiger partial charge in [0.15, 0.2) is 0 Å². The molecule has 0 fully saturated rings. The summed E-state index contributed by atoms with van der Waals surface area (Å²) >= 11 is 6.35. The van der Waals surface area contributed by atoms with E-state index in [1.54, 1.807) is 6.07 Å². The average Bonchev–Trinajstić information content (AvgIpc) is 2.65. The van der Waals surface area contributed by atoms with Crippen molar-refractivity contribution >= 4 is 17.5 Å². The van der Waals surface area contributed by atoms with Gasteiger partial charge >= 0.3 is 6.61 Å². The van der Waals surface area contributed by atoms with Crippen molar-refractivity contribution in [2.24, 2.45) is 0 Å². The predicted octanol–water partition coefficient (Wildman–Crippen LogP) is 4.75. The Labute approximate surface area is 163 Å². The van der Waals surface area contributed by atoms with Gasteiger partial charge in [0.25, 0.3) is 5.91 Å². The Hall–Kier alpha value is -2.18. The molecule has 27 heavy (non-hydrogen) atoms. The Bertz CT molecular complexity index is 754. The molecular weight excluding hydrogens is 374 g/mol. The van der Waals surface area contributed by atoms with Crippen molar-refractivity contribution in [3.8, 4) is 5.75 Å². The SMILES string of the molecule is CCN(CC)C(CNC(=O)c1cccc(OC(F)F)c1)c1ccccc1Cl. The van der Waals surface area contributed by atoms with E-state index >= 15 is 0 Å². The molecule has 0 radical (unpaired) electrons. The fourth-order valence-corrected chi connectivity index (χ4v) is 3.21. The van der Waals surface area contributed by atoms with Crippen LogP contribution in [0.4, 0.5) is 8.78 Å². The number of amides is 1. The summed E-state index contributed by atoms with van der Waals surface area (Å²) in [5.41, 5.74) is 1.18. The van der Waals surface area contributed by atoms with E-state index in [0.717, 1.165) is 18.7 Å². The Morgan fingerprint density at radius 3 is 2.48 bits per heavy atom. The number of rotatable bonds is 9. The molecule has 1 unspecified atom stereocenters. The second-order valence-corrected chi connectivity index (χ2v) is 6.28. The quantitative estimate of drug-likeness (QED) is 0.664. The van der Waals surface area contributed by atoms with Gasteiger partial charge in [0.1, 0.15) is 5.75 Å². The van der Waals surface area contributed by atoms with E-state index in [4.69, 9.17) is 11.6 Å². The number of benzene rings is 2. The number of hydrogen-bond acceptors (Lipinski definition) is 3. The molecule has 0 aliphatic carbocycles. The molecule has 0 saturated heterocycles. The molecule has 4 nitrogen and oxygen atoms in total. The van der Waals surface area contributed by atoms with Gasteiger partial charge in [-0.25, -0.2) is 0 Å². The highest BCUT2D eigenvalue weighted by Crippen LogP contribution is 2.27. The zero-order valence-electron chi connectivity index (χ0n) is 15.3. The van der Waals surface area contributed by atoms with Crippen LogP contribution in [0.5, 0.6) is 5.75 Å². The second kappa shape index (κ2) is 10.2. The third-order valence-electron chi connectivity index (χ3n) is 4.29. The van der Waals surface area contributed by atoms with Crippen LogP contribution in [0, 0.1) is 0 Å². The molecule has 0 saturated carbocycles. The number of nitrogens with zero attached hydrogens (tertiary/aromatic N) is 1. The monoisotopic (exact) mass is 396 g/mol. The topological polar surface area (TPSA) is 41.6 Å². The summed E-state index contributed by atoms with van der Waals surface area (Å²) < 4.78 is 29.1. The van der Waals surface area contributed by atoms with Crippen molar-refractivity contribution in [1.82, 2.24) is 10.2 Å². The van der Waals surface area contributed by atoms with Crippen LogP contribution in [0.15, 0.2) is 48.5 Å². The van der Waals surface area contributed by atoms with Crippen LogP contribution in [0.1, 0.15) is 35.8 Å². The van der Waals surface area contributed by atoms with Gasteiger partial charge in [0, 0.05) is 17.1 Å². The van der Waals surface area contributed by atoms with Crippen LogP contribution in [0.25, 0.3) is 0 Å². The molecular formula is C20H23ClF2N2O2. The van der Waals surface area contributed by atoms with E-state index in [9.17, 15) is 13.6 Å². The number of nitrogens with one attached hydrogen (secondary N) is 1. The first kappa shape index (κ1) is 21.1. The Morgan fingerprint density at radius 2 is 1.85 bits per heavy atom. The van der Waals surface area contributed by atoms with E-state index in [2.05, 4.69) is 15.0 Å². The van der Waals surface area contributed by atoms with Crippen LogP contribution in [-0.4, -0.2) is 37.1 Å². The number of hydrogen-bond donors (Lipinski definition) is 1.